The number of nitrogens with zero attached hydrogens (tertiary/aromatic N) is 1. The summed E-state index contributed by atoms with van der Waals surface area (Å²) in [6, 6.07) is 8.89. The monoisotopic (exact) mass is 319 g/mol. The van der Waals surface area contributed by atoms with Gasteiger partial charge in [0.15, 0.2) is 0 Å². The van der Waals surface area contributed by atoms with Gasteiger partial charge in [-0.1, -0.05) is 6.07 Å². The van der Waals surface area contributed by atoms with Gasteiger partial charge in [-0.2, -0.15) is 0 Å². The van der Waals surface area contributed by atoms with E-state index in [0.29, 0.717) is 31.3 Å². The molecule has 0 aliphatic heterocycles. The van der Waals surface area contributed by atoms with Crippen molar-refractivity contribution in [2.75, 3.05) is 20.3 Å². The van der Waals surface area contributed by atoms with Crippen molar-refractivity contribution in [1.29, 1.82) is 0 Å². The molecule has 0 aliphatic carbocycles. The summed E-state index contributed by atoms with van der Waals surface area (Å²) >= 11 is 0. The number of nitrogens with one attached hydrogen (secondary N) is 2. The maximum absolute atomic E-state index is 12.8. The van der Waals surface area contributed by atoms with E-state index in [9.17, 15) is 9.18 Å². The molecule has 0 saturated heterocycles. The molecule has 0 bridgehead atoms. The summed E-state index contributed by atoms with van der Waals surface area (Å²) in [5.74, 6) is 0.572. The summed E-state index contributed by atoms with van der Waals surface area (Å²) in [5.41, 5.74) is 0.832. The van der Waals surface area contributed by atoms with Gasteiger partial charge in [0.25, 0.3) is 0 Å². The van der Waals surface area contributed by atoms with Gasteiger partial charge in [-0.3, -0.25) is 0 Å². The Balaban J connectivity index is 1.80. The number of methoxy groups -OCH3 is 1. The van der Waals surface area contributed by atoms with Crippen LogP contribution in [0.15, 0.2) is 42.6 Å². The minimum atomic E-state index is -0.324. The maximum atomic E-state index is 12.8. The first-order valence-corrected chi connectivity index (χ1v) is 7.06. The van der Waals surface area contributed by atoms with Crippen LogP contribution in [0.4, 0.5) is 9.18 Å². The molecule has 0 saturated carbocycles. The van der Waals surface area contributed by atoms with E-state index in [1.54, 1.807) is 25.4 Å². The van der Waals surface area contributed by atoms with Gasteiger partial charge < -0.3 is 20.1 Å². The Morgan fingerprint density at radius 1 is 1.17 bits per heavy atom. The van der Waals surface area contributed by atoms with E-state index < -0.39 is 0 Å². The molecule has 0 unspecified atom stereocenters. The molecule has 6 nitrogen and oxygen atoms in total. The highest BCUT2D eigenvalue weighted by molar-refractivity contribution is 5.73. The fourth-order valence-electron chi connectivity index (χ4n) is 1.71. The number of ether oxygens (including phenoxy) is 2. The van der Waals surface area contributed by atoms with Crippen molar-refractivity contribution in [3.05, 3.63) is 54.0 Å². The highest BCUT2D eigenvalue weighted by atomic mass is 19.1. The molecule has 0 spiro atoms. The largest absolute Gasteiger partial charge is 0.439 e. The lowest BCUT2D eigenvalue weighted by Gasteiger charge is -2.08. The molecule has 1 aromatic heterocycles. The zero-order valence-electron chi connectivity index (χ0n) is 12.7. The van der Waals surface area contributed by atoms with Gasteiger partial charge in [0.2, 0.25) is 5.88 Å². The Bertz CT molecular complexity index is 617. The van der Waals surface area contributed by atoms with Gasteiger partial charge >= 0.3 is 6.03 Å². The van der Waals surface area contributed by atoms with Crippen LogP contribution in [0.5, 0.6) is 11.6 Å². The number of rotatable bonds is 7. The highest BCUT2D eigenvalue weighted by Crippen LogP contribution is 2.19. The number of carbonyl (C=O) groups excluding carboxylic acids is 1. The molecule has 122 valence electrons. The van der Waals surface area contributed by atoms with Crippen LogP contribution in [0.25, 0.3) is 0 Å². The van der Waals surface area contributed by atoms with Gasteiger partial charge in [-0.15, -0.1) is 0 Å². The lowest BCUT2D eigenvalue weighted by atomic mass is 10.3. The topological polar surface area (TPSA) is 72.5 Å². The summed E-state index contributed by atoms with van der Waals surface area (Å²) < 4.78 is 23.1. The van der Waals surface area contributed by atoms with Crippen LogP contribution in [-0.4, -0.2) is 31.3 Å². The van der Waals surface area contributed by atoms with E-state index in [1.165, 1.54) is 24.3 Å². The minimum absolute atomic E-state index is 0.270. The molecule has 2 amide bonds. The number of halogens is 1. The maximum Gasteiger partial charge on any atom is 0.315 e. The van der Waals surface area contributed by atoms with Crippen molar-refractivity contribution in [3.63, 3.8) is 0 Å². The molecule has 1 heterocycles. The second kappa shape index (κ2) is 8.70. The van der Waals surface area contributed by atoms with E-state index in [-0.39, 0.29) is 11.8 Å². The van der Waals surface area contributed by atoms with E-state index in [2.05, 4.69) is 15.6 Å². The van der Waals surface area contributed by atoms with Crippen molar-refractivity contribution in [3.8, 4) is 11.6 Å². The van der Waals surface area contributed by atoms with Crippen molar-refractivity contribution in [2.45, 2.75) is 6.54 Å². The number of carbonyl (C=O) groups is 1. The van der Waals surface area contributed by atoms with Crippen LogP contribution in [-0.2, 0) is 11.3 Å². The second-order valence-corrected chi connectivity index (χ2v) is 4.66. The number of amides is 2. The van der Waals surface area contributed by atoms with Gasteiger partial charge in [0.05, 0.1) is 6.61 Å². The van der Waals surface area contributed by atoms with E-state index in [4.69, 9.17) is 9.47 Å². The standard InChI is InChI=1S/C16H18FN3O3/c1-22-9-8-18-16(21)20-11-12-2-7-15(19-10-12)23-14-5-3-13(17)4-6-14/h2-7,10H,8-9,11H2,1H3,(H2,18,20,21). The Labute approximate surface area is 133 Å². The van der Waals surface area contributed by atoms with Crippen LogP contribution in [0.3, 0.4) is 0 Å². The molecule has 23 heavy (non-hydrogen) atoms. The summed E-state index contributed by atoms with van der Waals surface area (Å²) in [5, 5.41) is 5.36. The zero-order valence-corrected chi connectivity index (χ0v) is 12.7. The number of urea groups is 1. The summed E-state index contributed by atoms with van der Waals surface area (Å²) in [6.07, 6.45) is 1.61. The van der Waals surface area contributed by atoms with Gasteiger partial charge in [-0.05, 0) is 29.8 Å². The van der Waals surface area contributed by atoms with E-state index >= 15 is 0 Å². The summed E-state index contributed by atoms with van der Waals surface area (Å²) in [4.78, 5) is 15.6. The van der Waals surface area contributed by atoms with Crippen molar-refractivity contribution >= 4 is 6.03 Å². The highest BCUT2D eigenvalue weighted by Gasteiger charge is 2.02. The summed E-state index contributed by atoms with van der Waals surface area (Å²) in [7, 11) is 1.57. The third-order valence-corrected chi connectivity index (χ3v) is 2.88. The molecule has 7 heteroatoms. The second-order valence-electron chi connectivity index (χ2n) is 4.66. The predicted molar refractivity (Wildman–Crippen MR) is 82.8 cm³/mol. The van der Waals surface area contributed by atoms with Crippen LogP contribution >= 0.6 is 0 Å². The molecular weight excluding hydrogens is 301 g/mol. The quantitative estimate of drug-likeness (QED) is 0.769. The van der Waals surface area contributed by atoms with Crippen molar-refractivity contribution < 1.29 is 18.7 Å². The van der Waals surface area contributed by atoms with Crippen LogP contribution in [0, 0.1) is 5.82 Å². The number of hydrogen-bond donors (Lipinski definition) is 2. The molecule has 0 radical (unpaired) electrons. The van der Waals surface area contributed by atoms with Gasteiger partial charge in [0.1, 0.15) is 11.6 Å². The van der Waals surface area contributed by atoms with E-state index in [0.717, 1.165) is 5.56 Å². The van der Waals surface area contributed by atoms with Crippen LogP contribution in [0.2, 0.25) is 0 Å². The average molecular weight is 319 g/mol. The number of hydrogen-bond acceptors (Lipinski definition) is 4. The average Bonchev–Trinajstić information content (AvgIpc) is 2.57. The Morgan fingerprint density at radius 2 is 1.96 bits per heavy atom. The molecule has 1 aromatic carbocycles. The fraction of sp³-hybridized carbons (Fsp3) is 0.250. The first kappa shape index (κ1) is 16.7. The predicted octanol–water partition coefficient (Wildman–Crippen LogP) is 2.46. The molecule has 0 aliphatic rings. The zero-order chi connectivity index (χ0) is 16.5. The third-order valence-electron chi connectivity index (χ3n) is 2.88. The lowest BCUT2D eigenvalue weighted by molar-refractivity contribution is 0.196. The minimum Gasteiger partial charge on any atom is -0.439 e. The van der Waals surface area contributed by atoms with E-state index in [1.807, 2.05) is 0 Å². The molecule has 2 rings (SSSR count). The number of pyridine rings is 1. The normalized spacial score (nSPS) is 10.2. The number of aromatic nitrogens is 1. The van der Waals surface area contributed by atoms with Crippen molar-refractivity contribution in [1.82, 2.24) is 15.6 Å². The lowest BCUT2D eigenvalue weighted by Crippen LogP contribution is -2.36. The fourth-order valence-corrected chi connectivity index (χ4v) is 1.71. The molecule has 2 N–H and O–H groups in total. The molecule has 0 fully saturated rings. The SMILES string of the molecule is COCCNC(=O)NCc1ccc(Oc2ccc(F)cc2)nc1. The molecular formula is C16H18FN3O3. The van der Waals surface area contributed by atoms with Crippen LogP contribution < -0.4 is 15.4 Å². The van der Waals surface area contributed by atoms with Gasteiger partial charge in [-0.25, -0.2) is 14.2 Å². The smallest absolute Gasteiger partial charge is 0.315 e. The number of benzene rings is 1. The van der Waals surface area contributed by atoms with Crippen LogP contribution in [0.1, 0.15) is 5.56 Å². The molecule has 0 atom stereocenters. The van der Waals surface area contributed by atoms with Crippen molar-refractivity contribution in [2.24, 2.45) is 0 Å². The first-order chi connectivity index (χ1) is 11.2. The van der Waals surface area contributed by atoms with Gasteiger partial charge in [0, 0.05) is 32.5 Å². The Kier molecular flexibility index (Phi) is 6.31. The Hall–Kier alpha value is -2.67. The third kappa shape index (κ3) is 5.91. The molecule has 2 aromatic rings. The first-order valence-electron chi connectivity index (χ1n) is 7.06. The Morgan fingerprint density at radius 3 is 2.61 bits per heavy atom. The summed E-state index contributed by atoms with van der Waals surface area (Å²) in [6.45, 7) is 1.26.